The number of benzene rings is 3. The molecular weight excluding hydrogens is 504 g/mol. The van der Waals surface area contributed by atoms with Crippen LogP contribution >= 0.6 is 0 Å². The van der Waals surface area contributed by atoms with Gasteiger partial charge in [0.2, 0.25) is 0 Å². The summed E-state index contributed by atoms with van der Waals surface area (Å²) in [6, 6.07) is 27.0. The largest absolute Gasteiger partial charge is 0.468 e. The first-order chi connectivity index (χ1) is 19.4. The molecule has 2 aliphatic carbocycles. The highest BCUT2D eigenvalue weighted by Gasteiger charge is 2.56. The number of esters is 2. The van der Waals surface area contributed by atoms with Gasteiger partial charge in [-0.2, -0.15) is 0 Å². The maximum absolute atomic E-state index is 14.7. The first-order valence-corrected chi connectivity index (χ1v) is 13.2. The molecule has 6 rings (SSSR count). The van der Waals surface area contributed by atoms with Crippen molar-refractivity contribution >= 4 is 28.9 Å². The Labute approximate surface area is 232 Å². The molecule has 0 saturated heterocycles. The molecule has 6 nitrogen and oxygen atoms in total. The maximum Gasteiger partial charge on any atom is 0.324 e. The van der Waals surface area contributed by atoms with Crippen molar-refractivity contribution in [2.24, 2.45) is 5.41 Å². The standard InChI is InChI=1S/C34H28O6/c1-20-14-16-22(17-15-20)26-24-18-34(32(36)38-2,33(37)39-3)19-25-28(24)29(31(40-25)23-12-8-5-9-13-23)27(30(26)35)21-10-6-4-7-11-21/h4-17,27H,18-19H2,1-3H3. The zero-order chi connectivity index (χ0) is 28.0. The van der Waals surface area contributed by atoms with Crippen molar-refractivity contribution in [1.29, 1.82) is 0 Å². The highest BCUT2D eigenvalue weighted by molar-refractivity contribution is 6.34. The quantitative estimate of drug-likeness (QED) is 0.226. The minimum Gasteiger partial charge on any atom is -0.468 e. The highest BCUT2D eigenvalue weighted by atomic mass is 16.5. The number of rotatable bonds is 5. The molecule has 6 heteroatoms. The summed E-state index contributed by atoms with van der Waals surface area (Å²) in [5.74, 6) is -1.18. The van der Waals surface area contributed by atoms with E-state index in [9.17, 15) is 14.4 Å². The van der Waals surface area contributed by atoms with E-state index in [1.165, 1.54) is 14.2 Å². The van der Waals surface area contributed by atoms with Crippen LogP contribution in [0.5, 0.6) is 0 Å². The summed E-state index contributed by atoms with van der Waals surface area (Å²) in [6.45, 7) is 1.98. The van der Waals surface area contributed by atoms with Crippen LogP contribution in [0.25, 0.3) is 22.5 Å². The van der Waals surface area contributed by atoms with E-state index >= 15 is 0 Å². The van der Waals surface area contributed by atoms with Crippen molar-refractivity contribution < 1.29 is 28.3 Å². The SMILES string of the molecule is COC(=O)C1(C(=O)OC)CC2=C(c3ccc(C)cc3)C(=O)C(c3ccccc3)c3c(-c4ccccc4)oc(c32)C1. The molecule has 0 bridgehead atoms. The number of hydrogen-bond acceptors (Lipinski definition) is 6. The van der Waals surface area contributed by atoms with Crippen LogP contribution in [0.2, 0.25) is 0 Å². The van der Waals surface area contributed by atoms with Crippen molar-refractivity contribution in [3.8, 4) is 11.3 Å². The average molecular weight is 533 g/mol. The van der Waals surface area contributed by atoms with Crippen LogP contribution in [-0.4, -0.2) is 31.9 Å². The van der Waals surface area contributed by atoms with Gasteiger partial charge in [0.15, 0.2) is 11.2 Å². The molecule has 2 aliphatic rings. The van der Waals surface area contributed by atoms with Gasteiger partial charge in [0, 0.05) is 35.1 Å². The molecule has 1 atom stereocenters. The molecule has 0 aliphatic heterocycles. The lowest BCUT2D eigenvalue weighted by molar-refractivity contribution is -0.169. The average Bonchev–Trinajstić information content (AvgIpc) is 3.37. The third kappa shape index (κ3) is 3.82. The summed E-state index contributed by atoms with van der Waals surface area (Å²) in [5.41, 5.74) is 4.34. The van der Waals surface area contributed by atoms with Gasteiger partial charge in [-0.3, -0.25) is 14.4 Å². The Morgan fingerprint density at radius 3 is 2.00 bits per heavy atom. The Morgan fingerprint density at radius 1 is 0.800 bits per heavy atom. The molecule has 0 fully saturated rings. The van der Waals surface area contributed by atoms with Gasteiger partial charge in [-0.1, -0.05) is 90.5 Å². The maximum atomic E-state index is 14.7. The number of allylic oxidation sites excluding steroid dienone is 2. The number of carbonyl (C=O) groups is 3. The summed E-state index contributed by atoms with van der Waals surface area (Å²) in [5, 5.41) is 0. The van der Waals surface area contributed by atoms with Crippen molar-refractivity contribution in [3.05, 3.63) is 119 Å². The number of Topliss-reactive ketones (excluding diaryl/α,β-unsaturated/α-hetero) is 1. The zero-order valence-corrected chi connectivity index (χ0v) is 22.5. The summed E-state index contributed by atoms with van der Waals surface area (Å²) in [6.07, 6.45) is -0.0849. The number of carbonyl (C=O) groups excluding carboxylic acids is 3. The van der Waals surface area contributed by atoms with Crippen LogP contribution in [0.15, 0.2) is 89.3 Å². The van der Waals surface area contributed by atoms with Gasteiger partial charge in [-0.15, -0.1) is 0 Å². The molecule has 0 spiro atoms. The predicted molar refractivity (Wildman–Crippen MR) is 150 cm³/mol. The van der Waals surface area contributed by atoms with Gasteiger partial charge >= 0.3 is 11.9 Å². The van der Waals surface area contributed by atoms with Crippen molar-refractivity contribution in [2.45, 2.75) is 25.7 Å². The second-order valence-electron chi connectivity index (χ2n) is 10.4. The fourth-order valence-electron chi connectivity index (χ4n) is 6.15. The normalized spacial score (nSPS) is 17.3. The molecule has 1 heterocycles. The van der Waals surface area contributed by atoms with Crippen molar-refractivity contribution in [1.82, 2.24) is 0 Å². The summed E-state index contributed by atoms with van der Waals surface area (Å²) < 4.78 is 16.9. The lowest BCUT2D eigenvalue weighted by atomic mass is 9.64. The Morgan fingerprint density at radius 2 is 1.40 bits per heavy atom. The van der Waals surface area contributed by atoms with E-state index < -0.39 is 23.3 Å². The fraction of sp³-hybridized carbons (Fsp3) is 0.206. The molecule has 0 radical (unpaired) electrons. The van der Waals surface area contributed by atoms with Crippen LogP contribution in [-0.2, 0) is 30.3 Å². The minimum atomic E-state index is -1.69. The number of methoxy groups -OCH3 is 2. The van der Waals surface area contributed by atoms with Gasteiger partial charge in [0.25, 0.3) is 0 Å². The zero-order valence-electron chi connectivity index (χ0n) is 22.5. The third-order valence-corrected chi connectivity index (χ3v) is 8.02. The lowest BCUT2D eigenvalue weighted by Crippen LogP contribution is -2.46. The Bertz CT molecular complexity index is 1640. The predicted octanol–water partition coefficient (Wildman–Crippen LogP) is 6.16. The lowest BCUT2D eigenvalue weighted by Gasteiger charge is -2.36. The van der Waals surface area contributed by atoms with Gasteiger partial charge in [-0.05, 0) is 23.6 Å². The van der Waals surface area contributed by atoms with E-state index in [2.05, 4.69) is 0 Å². The first kappa shape index (κ1) is 25.6. The summed E-state index contributed by atoms with van der Waals surface area (Å²) >= 11 is 0. The van der Waals surface area contributed by atoms with E-state index in [4.69, 9.17) is 13.9 Å². The Hall–Kier alpha value is -4.71. The van der Waals surface area contributed by atoms with Crippen molar-refractivity contribution in [3.63, 3.8) is 0 Å². The monoisotopic (exact) mass is 532 g/mol. The van der Waals surface area contributed by atoms with Crippen LogP contribution in [0.4, 0.5) is 0 Å². The van der Waals surface area contributed by atoms with E-state index in [1.54, 1.807) is 0 Å². The molecule has 3 aromatic carbocycles. The number of hydrogen-bond donors (Lipinski definition) is 0. The topological polar surface area (TPSA) is 82.8 Å². The van der Waals surface area contributed by atoms with Crippen LogP contribution in [0.3, 0.4) is 0 Å². The Balaban J connectivity index is 1.73. The van der Waals surface area contributed by atoms with Crippen LogP contribution in [0, 0.1) is 12.3 Å². The second kappa shape index (κ2) is 9.79. The molecule has 0 saturated carbocycles. The summed E-state index contributed by atoms with van der Waals surface area (Å²) in [4.78, 5) is 41.4. The molecule has 0 amide bonds. The third-order valence-electron chi connectivity index (χ3n) is 8.02. The first-order valence-electron chi connectivity index (χ1n) is 13.2. The number of aryl methyl sites for hydroxylation is 1. The number of ether oxygens (including phenoxy) is 2. The number of furan rings is 1. The van der Waals surface area contributed by atoms with E-state index in [0.717, 1.165) is 33.4 Å². The van der Waals surface area contributed by atoms with Crippen LogP contribution in [0.1, 0.15) is 45.9 Å². The highest BCUT2D eigenvalue weighted by Crippen LogP contribution is 2.56. The molecule has 0 N–H and O–H groups in total. The van der Waals surface area contributed by atoms with Gasteiger partial charge < -0.3 is 13.9 Å². The van der Waals surface area contributed by atoms with Crippen LogP contribution < -0.4 is 0 Å². The summed E-state index contributed by atoms with van der Waals surface area (Å²) in [7, 11) is 2.50. The Kier molecular flexibility index (Phi) is 6.26. The molecule has 4 aromatic rings. The minimum absolute atomic E-state index is 0.0398. The van der Waals surface area contributed by atoms with Gasteiger partial charge in [0.1, 0.15) is 11.5 Å². The molecular formula is C34H28O6. The van der Waals surface area contributed by atoms with E-state index in [-0.39, 0.29) is 18.6 Å². The fourth-order valence-corrected chi connectivity index (χ4v) is 6.15. The number of ketones is 1. The van der Waals surface area contributed by atoms with Gasteiger partial charge in [-0.25, -0.2) is 0 Å². The smallest absolute Gasteiger partial charge is 0.324 e. The van der Waals surface area contributed by atoms with E-state index in [1.807, 2.05) is 91.9 Å². The van der Waals surface area contributed by atoms with Gasteiger partial charge in [0.05, 0.1) is 20.1 Å². The molecule has 40 heavy (non-hydrogen) atoms. The molecule has 1 aromatic heterocycles. The van der Waals surface area contributed by atoms with E-state index in [0.29, 0.717) is 22.7 Å². The molecule has 200 valence electrons. The second-order valence-corrected chi connectivity index (χ2v) is 10.4. The molecule has 1 unspecified atom stereocenters. The van der Waals surface area contributed by atoms with Crippen molar-refractivity contribution in [2.75, 3.05) is 14.2 Å².